The van der Waals surface area contributed by atoms with Gasteiger partial charge < -0.3 is 4.90 Å². The van der Waals surface area contributed by atoms with E-state index >= 15 is 0 Å². The lowest BCUT2D eigenvalue weighted by atomic mass is 10.4. The molecule has 3 nitrogen and oxygen atoms in total. The van der Waals surface area contributed by atoms with E-state index in [0.29, 0.717) is 0 Å². The summed E-state index contributed by atoms with van der Waals surface area (Å²) >= 11 is 1.73. The summed E-state index contributed by atoms with van der Waals surface area (Å²) in [5.74, 6) is 0. The van der Waals surface area contributed by atoms with Crippen LogP contribution in [0.3, 0.4) is 0 Å². The maximum absolute atomic E-state index is 4.47. The number of rotatable bonds is 2. The first-order valence-electron chi connectivity index (χ1n) is 4.98. The molecule has 1 aliphatic heterocycles. The lowest BCUT2D eigenvalue weighted by Crippen LogP contribution is -3.11. The molecule has 2 rings (SSSR count). The average Bonchev–Trinajstić information content (AvgIpc) is 2.70. The summed E-state index contributed by atoms with van der Waals surface area (Å²) in [6.45, 7) is 4.55. The van der Waals surface area contributed by atoms with E-state index in [1.165, 1.54) is 18.0 Å². The number of piperazine rings is 1. The Morgan fingerprint density at radius 3 is 2.93 bits per heavy atom. The molecule has 4 heteroatoms. The Morgan fingerprint density at radius 1 is 1.50 bits per heavy atom. The Hall–Kier alpha value is -0.870. The quantitative estimate of drug-likeness (QED) is 0.677. The van der Waals surface area contributed by atoms with E-state index in [2.05, 4.69) is 34.7 Å². The van der Waals surface area contributed by atoms with Crippen LogP contribution in [0.4, 0.5) is 0 Å². The second-order valence-corrected chi connectivity index (χ2v) is 4.65. The third kappa shape index (κ3) is 2.56. The molecule has 1 aromatic heterocycles. The molecule has 1 N–H and O–H groups in total. The van der Waals surface area contributed by atoms with Gasteiger partial charge >= 0.3 is 0 Å². The fourth-order valence-electron chi connectivity index (χ4n) is 1.50. The van der Waals surface area contributed by atoms with Crippen LogP contribution in [0.25, 0.3) is 0 Å². The Kier molecular flexibility index (Phi) is 3.16. The van der Waals surface area contributed by atoms with E-state index < -0.39 is 0 Å². The molecule has 0 bridgehead atoms. The second kappa shape index (κ2) is 4.57. The maximum Gasteiger partial charge on any atom is 0.0964 e. The van der Waals surface area contributed by atoms with Crippen LogP contribution in [-0.4, -0.2) is 44.5 Å². The number of likely N-dealkylation sites (N-methyl/N-ethyl adjacent to an activating group) is 1. The first kappa shape index (κ1) is 9.68. The number of hydrogen-bond donors (Lipinski definition) is 1. The molecule has 0 saturated carbocycles. The highest BCUT2D eigenvalue weighted by Crippen LogP contribution is 2.05. The van der Waals surface area contributed by atoms with Crippen molar-refractivity contribution >= 4 is 17.6 Å². The summed E-state index contributed by atoms with van der Waals surface area (Å²) in [7, 11) is 2.24. The molecule has 1 aromatic rings. The molecule has 76 valence electrons. The molecular weight excluding hydrogens is 194 g/mol. The second-order valence-electron chi connectivity index (χ2n) is 3.67. The summed E-state index contributed by atoms with van der Waals surface area (Å²) in [5, 5.41) is 8.70. The lowest BCUT2D eigenvalue weighted by Gasteiger charge is -2.27. The normalized spacial score (nSPS) is 19.4. The fraction of sp³-hybridized carbons (Fsp3) is 0.500. The van der Waals surface area contributed by atoms with Crippen LogP contribution >= 0.6 is 11.3 Å². The molecule has 0 spiro atoms. The number of thiophene rings is 1. The number of nitrogens with zero attached hydrogens (tertiary/aromatic N) is 2. The maximum atomic E-state index is 4.47. The van der Waals surface area contributed by atoms with Crippen LogP contribution in [0.1, 0.15) is 4.88 Å². The zero-order valence-corrected chi connectivity index (χ0v) is 9.26. The Bertz CT molecular complexity index is 286. The van der Waals surface area contributed by atoms with Crippen molar-refractivity contribution in [2.45, 2.75) is 0 Å². The van der Waals surface area contributed by atoms with E-state index in [0.717, 1.165) is 13.1 Å². The van der Waals surface area contributed by atoms with Crippen molar-refractivity contribution in [1.82, 2.24) is 5.01 Å². The monoisotopic (exact) mass is 210 g/mol. The number of hydrogen-bond acceptors (Lipinski definition) is 3. The Labute approximate surface area is 88.6 Å². The minimum atomic E-state index is 1.08. The van der Waals surface area contributed by atoms with Gasteiger partial charge in [0.2, 0.25) is 0 Å². The Morgan fingerprint density at radius 2 is 2.29 bits per heavy atom. The van der Waals surface area contributed by atoms with Crippen molar-refractivity contribution in [2.24, 2.45) is 5.10 Å². The Balaban J connectivity index is 1.86. The van der Waals surface area contributed by atoms with E-state index in [1.54, 1.807) is 16.2 Å². The van der Waals surface area contributed by atoms with Gasteiger partial charge in [0.25, 0.3) is 0 Å². The number of quaternary nitrogens is 1. The molecule has 0 aliphatic carbocycles. The highest BCUT2D eigenvalue weighted by Gasteiger charge is 2.13. The summed E-state index contributed by atoms with van der Waals surface area (Å²) in [6.07, 6.45) is 1.96. The molecule has 0 atom stereocenters. The molecule has 0 radical (unpaired) electrons. The minimum Gasteiger partial charge on any atom is -0.334 e. The van der Waals surface area contributed by atoms with Gasteiger partial charge in [-0.2, -0.15) is 5.10 Å². The molecular formula is C10H16N3S+. The van der Waals surface area contributed by atoms with Gasteiger partial charge in [0.15, 0.2) is 0 Å². The van der Waals surface area contributed by atoms with Crippen LogP contribution in [0, 0.1) is 0 Å². The zero-order valence-electron chi connectivity index (χ0n) is 8.44. The van der Waals surface area contributed by atoms with Crippen molar-refractivity contribution in [3.63, 3.8) is 0 Å². The zero-order chi connectivity index (χ0) is 9.80. The van der Waals surface area contributed by atoms with Gasteiger partial charge in [-0.25, -0.2) is 0 Å². The van der Waals surface area contributed by atoms with Gasteiger partial charge in [0.05, 0.1) is 39.4 Å². The smallest absolute Gasteiger partial charge is 0.0964 e. The molecule has 0 amide bonds. The molecule has 14 heavy (non-hydrogen) atoms. The van der Waals surface area contributed by atoms with Crippen molar-refractivity contribution in [3.8, 4) is 0 Å². The van der Waals surface area contributed by atoms with Crippen LogP contribution in [-0.2, 0) is 0 Å². The number of hydrazone groups is 1. The average molecular weight is 210 g/mol. The van der Waals surface area contributed by atoms with Crippen LogP contribution in [0.2, 0.25) is 0 Å². The van der Waals surface area contributed by atoms with Crippen molar-refractivity contribution in [1.29, 1.82) is 0 Å². The fourth-order valence-corrected chi connectivity index (χ4v) is 2.07. The van der Waals surface area contributed by atoms with Gasteiger partial charge in [-0.1, -0.05) is 6.07 Å². The van der Waals surface area contributed by atoms with Gasteiger partial charge in [-0.15, -0.1) is 11.3 Å². The summed E-state index contributed by atoms with van der Waals surface area (Å²) in [6, 6.07) is 4.15. The third-order valence-corrected chi connectivity index (χ3v) is 3.29. The molecule has 1 saturated heterocycles. The molecule has 0 aromatic carbocycles. The van der Waals surface area contributed by atoms with E-state index in [9.17, 15) is 0 Å². The summed E-state index contributed by atoms with van der Waals surface area (Å²) in [4.78, 5) is 2.84. The highest BCUT2D eigenvalue weighted by molar-refractivity contribution is 7.11. The standard InChI is InChI=1S/C10H15N3S/c1-12-4-6-13(7-5-12)11-9-10-3-2-8-14-10/h2-3,8-9H,4-7H2,1H3/p+1/b11-9-. The molecule has 1 fully saturated rings. The van der Waals surface area contributed by atoms with Gasteiger partial charge in [-0.3, -0.25) is 5.01 Å². The first-order chi connectivity index (χ1) is 6.84. The van der Waals surface area contributed by atoms with Crippen LogP contribution in [0.5, 0.6) is 0 Å². The van der Waals surface area contributed by atoms with Crippen LogP contribution in [0.15, 0.2) is 22.6 Å². The minimum absolute atomic E-state index is 1.08. The number of nitrogens with one attached hydrogen (secondary N) is 1. The largest absolute Gasteiger partial charge is 0.334 e. The third-order valence-electron chi connectivity index (χ3n) is 2.48. The van der Waals surface area contributed by atoms with Gasteiger partial charge in [0, 0.05) is 4.88 Å². The predicted molar refractivity (Wildman–Crippen MR) is 60.1 cm³/mol. The van der Waals surface area contributed by atoms with E-state index in [4.69, 9.17) is 0 Å². The molecule has 1 aliphatic rings. The van der Waals surface area contributed by atoms with Gasteiger partial charge in [-0.05, 0) is 11.4 Å². The van der Waals surface area contributed by atoms with Crippen molar-refractivity contribution < 1.29 is 4.90 Å². The predicted octanol–water partition coefficient (Wildman–Crippen LogP) is -0.0877. The van der Waals surface area contributed by atoms with E-state index in [-0.39, 0.29) is 0 Å². The van der Waals surface area contributed by atoms with Crippen molar-refractivity contribution in [3.05, 3.63) is 22.4 Å². The lowest BCUT2D eigenvalue weighted by molar-refractivity contribution is -0.884. The molecule has 0 unspecified atom stereocenters. The molecule has 2 heterocycles. The summed E-state index contributed by atoms with van der Waals surface area (Å²) in [5.41, 5.74) is 0. The first-order valence-corrected chi connectivity index (χ1v) is 5.86. The SMILES string of the molecule is C[NH+]1CCN(/N=C\c2cccs2)CC1. The van der Waals surface area contributed by atoms with E-state index in [1.807, 2.05) is 6.21 Å². The summed E-state index contributed by atoms with van der Waals surface area (Å²) < 4.78 is 0. The van der Waals surface area contributed by atoms with Crippen LogP contribution < -0.4 is 4.90 Å². The highest BCUT2D eigenvalue weighted by atomic mass is 32.1. The topological polar surface area (TPSA) is 20.0 Å². The van der Waals surface area contributed by atoms with Gasteiger partial charge in [0.1, 0.15) is 0 Å². The van der Waals surface area contributed by atoms with Crippen molar-refractivity contribution in [2.75, 3.05) is 33.2 Å².